The van der Waals surface area contributed by atoms with E-state index in [2.05, 4.69) is 10.5 Å². The highest BCUT2D eigenvalue weighted by Gasteiger charge is 2.23. The molecule has 0 aliphatic heterocycles. The first kappa shape index (κ1) is 17.3. The Morgan fingerprint density at radius 2 is 2.22 bits per heavy atom. The molecule has 1 aliphatic carbocycles. The van der Waals surface area contributed by atoms with Gasteiger partial charge in [0, 0.05) is 11.3 Å². The number of hydrogen-bond donors (Lipinski definition) is 2. The third-order valence-corrected chi connectivity index (χ3v) is 4.34. The molecule has 1 aromatic heterocycles. The van der Waals surface area contributed by atoms with E-state index in [9.17, 15) is 4.79 Å². The number of benzene rings is 1. The van der Waals surface area contributed by atoms with Crippen LogP contribution in [-0.4, -0.2) is 11.1 Å². The number of carbonyl (C=O) groups is 1. The fourth-order valence-corrected chi connectivity index (χ4v) is 3.14. The largest absolute Gasteiger partial charge is 0.399 e. The Morgan fingerprint density at radius 3 is 2.91 bits per heavy atom. The van der Waals surface area contributed by atoms with Gasteiger partial charge in [0.15, 0.2) is 0 Å². The smallest absolute Gasteiger partial charge is 0.225 e. The molecule has 0 spiro atoms. The third-order valence-electron chi connectivity index (χ3n) is 4.34. The zero-order valence-corrected chi connectivity index (χ0v) is 14.2. The maximum Gasteiger partial charge on any atom is 0.225 e. The Bertz CT molecular complexity index is 692. The average molecular weight is 336 g/mol. The summed E-state index contributed by atoms with van der Waals surface area (Å²) in [7, 11) is 0. The first-order valence-corrected chi connectivity index (χ1v) is 7.64. The van der Waals surface area contributed by atoms with Crippen LogP contribution in [0.3, 0.4) is 0 Å². The average Bonchev–Trinajstić information content (AvgIpc) is 2.79. The highest BCUT2D eigenvalue weighted by molar-refractivity contribution is 5.85. The van der Waals surface area contributed by atoms with Crippen LogP contribution >= 0.6 is 12.4 Å². The number of anilines is 1. The van der Waals surface area contributed by atoms with E-state index in [1.54, 1.807) is 0 Å². The van der Waals surface area contributed by atoms with Crippen molar-refractivity contribution >= 4 is 24.0 Å². The Morgan fingerprint density at radius 1 is 1.43 bits per heavy atom. The van der Waals surface area contributed by atoms with E-state index in [4.69, 9.17) is 10.3 Å². The number of nitrogens with one attached hydrogen (secondary N) is 1. The van der Waals surface area contributed by atoms with Crippen molar-refractivity contribution in [3.8, 4) is 0 Å². The Kier molecular flexibility index (Phi) is 5.31. The van der Waals surface area contributed by atoms with Crippen LogP contribution in [-0.2, 0) is 17.6 Å². The van der Waals surface area contributed by atoms with Crippen LogP contribution in [0.5, 0.6) is 0 Å². The number of nitrogen functional groups attached to an aromatic ring is 1. The van der Waals surface area contributed by atoms with Gasteiger partial charge in [0.05, 0.1) is 18.2 Å². The van der Waals surface area contributed by atoms with Gasteiger partial charge in [-0.1, -0.05) is 11.2 Å². The van der Waals surface area contributed by atoms with Crippen molar-refractivity contribution in [1.82, 2.24) is 10.5 Å². The van der Waals surface area contributed by atoms with Gasteiger partial charge < -0.3 is 15.6 Å². The minimum atomic E-state index is 0. The summed E-state index contributed by atoms with van der Waals surface area (Å²) in [5.41, 5.74) is 10.7. The van der Waals surface area contributed by atoms with Crippen molar-refractivity contribution in [2.45, 2.75) is 45.6 Å². The summed E-state index contributed by atoms with van der Waals surface area (Å²) in [6.45, 7) is 3.69. The molecule has 1 heterocycles. The van der Waals surface area contributed by atoms with Crippen molar-refractivity contribution in [1.29, 1.82) is 0 Å². The number of nitrogens with zero attached hydrogens (tertiary/aromatic N) is 1. The van der Waals surface area contributed by atoms with E-state index in [1.807, 2.05) is 32.0 Å². The minimum Gasteiger partial charge on any atom is -0.399 e. The predicted octanol–water partition coefficient (Wildman–Crippen LogP) is 3.03. The third kappa shape index (κ3) is 3.67. The molecular weight excluding hydrogens is 314 g/mol. The van der Waals surface area contributed by atoms with Crippen LogP contribution in [0.15, 0.2) is 22.7 Å². The number of carbonyl (C=O) groups excluding carboxylic acids is 1. The number of rotatable bonds is 3. The maximum absolute atomic E-state index is 12.4. The number of aryl methyl sites for hydroxylation is 3. The number of aromatic nitrogens is 1. The molecule has 1 aromatic carbocycles. The van der Waals surface area contributed by atoms with E-state index in [1.165, 1.54) is 11.1 Å². The lowest BCUT2D eigenvalue weighted by molar-refractivity contribution is -0.121. The highest BCUT2D eigenvalue weighted by Crippen LogP contribution is 2.31. The molecule has 124 valence electrons. The second-order valence-corrected chi connectivity index (χ2v) is 5.95. The van der Waals surface area contributed by atoms with Crippen LogP contribution in [0.25, 0.3) is 0 Å². The second-order valence-electron chi connectivity index (χ2n) is 5.95. The molecule has 1 aliphatic rings. The maximum atomic E-state index is 12.4. The minimum absolute atomic E-state index is 0. The van der Waals surface area contributed by atoms with Crippen LogP contribution in [0.2, 0.25) is 0 Å². The molecule has 0 saturated carbocycles. The normalized spacial score (nSPS) is 16.3. The zero-order chi connectivity index (χ0) is 15.7. The molecule has 0 saturated heterocycles. The quantitative estimate of drug-likeness (QED) is 0.845. The molecule has 3 N–H and O–H groups in total. The SMILES string of the molecule is Cc1noc(C)c1CC(=O)NC1CCCc2cc(N)ccc21.Cl. The summed E-state index contributed by atoms with van der Waals surface area (Å²) >= 11 is 0. The van der Waals surface area contributed by atoms with Gasteiger partial charge in [0.2, 0.25) is 5.91 Å². The summed E-state index contributed by atoms with van der Waals surface area (Å²) in [6.07, 6.45) is 3.36. The Labute approximate surface area is 142 Å². The lowest BCUT2D eigenvalue weighted by Crippen LogP contribution is -2.32. The van der Waals surface area contributed by atoms with Gasteiger partial charge >= 0.3 is 0 Å². The zero-order valence-electron chi connectivity index (χ0n) is 13.4. The topological polar surface area (TPSA) is 81.2 Å². The fraction of sp³-hybridized carbons (Fsp3) is 0.412. The number of nitrogens with two attached hydrogens (primary N) is 1. The van der Waals surface area contributed by atoms with Gasteiger partial charge in [0.25, 0.3) is 0 Å². The molecule has 5 nitrogen and oxygen atoms in total. The number of amides is 1. The Balaban J connectivity index is 0.00000192. The van der Waals surface area contributed by atoms with Gasteiger partial charge in [-0.2, -0.15) is 0 Å². The molecule has 1 amide bonds. The summed E-state index contributed by atoms with van der Waals surface area (Å²) in [5.74, 6) is 0.716. The van der Waals surface area contributed by atoms with E-state index in [0.29, 0.717) is 12.2 Å². The van der Waals surface area contributed by atoms with E-state index in [-0.39, 0.29) is 24.4 Å². The predicted molar refractivity (Wildman–Crippen MR) is 91.6 cm³/mol. The number of fused-ring (bicyclic) bond motifs is 1. The van der Waals surface area contributed by atoms with Crippen LogP contribution in [0.4, 0.5) is 5.69 Å². The van der Waals surface area contributed by atoms with Crippen molar-refractivity contribution in [2.24, 2.45) is 0 Å². The molecule has 0 radical (unpaired) electrons. The Hall–Kier alpha value is -2.01. The molecule has 0 bridgehead atoms. The van der Waals surface area contributed by atoms with Crippen LogP contribution < -0.4 is 11.1 Å². The summed E-state index contributed by atoms with van der Waals surface area (Å²) in [4.78, 5) is 12.4. The van der Waals surface area contributed by atoms with Crippen molar-refractivity contribution in [3.63, 3.8) is 0 Å². The molecule has 6 heteroatoms. The van der Waals surface area contributed by atoms with Gasteiger partial charge in [-0.05, 0) is 56.4 Å². The molecule has 2 aromatic rings. The van der Waals surface area contributed by atoms with Crippen LogP contribution in [0, 0.1) is 13.8 Å². The van der Waals surface area contributed by atoms with Gasteiger partial charge in [-0.15, -0.1) is 12.4 Å². The van der Waals surface area contributed by atoms with E-state index in [0.717, 1.165) is 36.2 Å². The monoisotopic (exact) mass is 335 g/mol. The summed E-state index contributed by atoms with van der Waals surface area (Å²) < 4.78 is 5.11. The fourth-order valence-electron chi connectivity index (χ4n) is 3.14. The number of halogens is 1. The van der Waals surface area contributed by atoms with Crippen LogP contribution in [0.1, 0.15) is 47.0 Å². The summed E-state index contributed by atoms with van der Waals surface area (Å²) in [6, 6.07) is 6.02. The molecule has 1 unspecified atom stereocenters. The van der Waals surface area contributed by atoms with Crippen molar-refractivity contribution in [2.75, 3.05) is 5.73 Å². The first-order valence-electron chi connectivity index (χ1n) is 7.64. The molecular formula is C17H22ClN3O2. The lowest BCUT2D eigenvalue weighted by atomic mass is 9.87. The summed E-state index contributed by atoms with van der Waals surface area (Å²) in [5, 5.41) is 7.03. The van der Waals surface area contributed by atoms with E-state index >= 15 is 0 Å². The van der Waals surface area contributed by atoms with Gasteiger partial charge in [0.1, 0.15) is 5.76 Å². The standard InChI is InChI=1S/C17H21N3O2.ClH/c1-10-15(11(2)22-20-10)9-17(21)19-16-5-3-4-12-8-13(18)6-7-14(12)16;/h6-8,16H,3-5,9,18H2,1-2H3,(H,19,21);1H. The van der Waals surface area contributed by atoms with Crippen molar-refractivity contribution in [3.05, 3.63) is 46.3 Å². The van der Waals surface area contributed by atoms with Crippen molar-refractivity contribution < 1.29 is 9.32 Å². The van der Waals surface area contributed by atoms with E-state index < -0.39 is 0 Å². The van der Waals surface area contributed by atoms with Gasteiger partial charge in [-0.25, -0.2) is 0 Å². The van der Waals surface area contributed by atoms with Gasteiger partial charge in [-0.3, -0.25) is 4.79 Å². The molecule has 3 rings (SSSR count). The second kappa shape index (κ2) is 7.04. The lowest BCUT2D eigenvalue weighted by Gasteiger charge is -2.26. The first-order chi connectivity index (χ1) is 10.5. The molecule has 0 fully saturated rings. The number of hydrogen-bond acceptors (Lipinski definition) is 4. The molecule has 1 atom stereocenters. The highest BCUT2D eigenvalue weighted by atomic mass is 35.5. The molecule has 23 heavy (non-hydrogen) atoms.